The van der Waals surface area contributed by atoms with Gasteiger partial charge in [0.05, 0.1) is 24.4 Å². The van der Waals surface area contributed by atoms with E-state index in [1.54, 1.807) is 56.0 Å². The van der Waals surface area contributed by atoms with Crippen molar-refractivity contribution < 1.29 is 19.1 Å². The number of anilines is 2. The van der Waals surface area contributed by atoms with Gasteiger partial charge in [-0.3, -0.25) is 9.48 Å². The van der Waals surface area contributed by atoms with E-state index in [1.165, 1.54) is 11.2 Å². The Labute approximate surface area is 195 Å². The molecule has 2 aromatic heterocycles. The maximum atomic E-state index is 13.1. The van der Waals surface area contributed by atoms with Crippen LogP contribution in [0.5, 0.6) is 5.88 Å². The number of nitrogen functional groups attached to an aromatic ring is 1. The molecule has 0 radical (unpaired) electrons. The normalized spacial score (nSPS) is 13.8. The van der Waals surface area contributed by atoms with Crippen molar-refractivity contribution in [2.24, 2.45) is 0 Å². The molecule has 0 atom stereocenters. The highest BCUT2D eigenvalue weighted by Crippen LogP contribution is 2.34. The fraction of sp³-hybridized carbons (Fsp3) is 0.318. The van der Waals surface area contributed by atoms with Gasteiger partial charge in [0, 0.05) is 23.0 Å². The number of benzene rings is 1. The first-order valence-corrected chi connectivity index (χ1v) is 10.7. The Morgan fingerprint density at radius 2 is 2.12 bits per heavy atom. The van der Waals surface area contributed by atoms with E-state index in [-0.39, 0.29) is 48.9 Å². The third kappa shape index (κ3) is 4.09. The highest BCUT2D eigenvalue weighted by Gasteiger charge is 2.33. The lowest BCUT2D eigenvalue weighted by Crippen LogP contribution is -2.37. The highest BCUT2D eigenvalue weighted by atomic mass is 35.5. The van der Waals surface area contributed by atoms with Gasteiger partial charge in [-0.15, -0.1) is 0 Å². The van der Waals surface area contributed by atoms with Crippen LogP contribution in [0.25, 0.3) is 11.1 Å². The number of hydrogen-bond donors (Lipinski definition) is 1. The van der Waals surface area contributed by atoms with Gasteiger partial charge in [-0.1, -0.05) is 17.7 Å². The minimum atomic E-state index is -0.978. The van der Waals surface area contributed by atoms with Crippen molar-refractivity contribution in [2.75, 3.05) is 30.4 Å². The van der Waals surface area contributed by atoms with Crippen LogP contribution in [0.1, 0.15) is 31.1 Å². The predicted molar refractivity (Wildman–Crippen MR) is 122 cm³/mol. The van der Waals surface area contributed by atoms with Crippen molar-refractivity contribution in [1.29, 1.82) is 0 Å². The lowest BCUT2D eigenvalue weighted by Gasteiger charge is -2.22. The van der Waals surface area contributed by atoms with Crippen LogP contribution < -0.4 is 15.4 Å². The van der Waals surface area contributed by atoms with E-state index in [0.29, 0.717) is 16.3 Å². The summed E-state index contributed by atoms with van der Waals surface area (Å²) in [5.41, 5.74) is 7.05. The molecule has 33 heavy (non-hydrogen) atoms. The Morgan fingerprint density at radius 3 is 2.85 bits per heavy atom. The summed E-state index contributed by atoms with van der Waals surface area (Å²) in [6, 6.07) is 5.26. The topological polar surface area (TPSA) is 125 Å². The van der Waals surface area contributed by atoms with Crippen LogP contribution in [0.15, 0.2) is 36.9 Å². The average Bonchev–Trinajstić information content (AvgIpc) is 3.20. The number of carbonyl (C=O) groups is 2. The summed E-state index contributed by atoms with van der Waals surface area (Å²) in [7, 11) is 0. The fourth-order valence-corrected chi connectivity index (χ4v) is 3.77. The second-order valence-electron chi connectivity index (χ2n) is 7.86. The van der Waals surface area contributed by atoms with E-state index in [1.807, 2.05) is 0 Å². The molecule has 2 N–H and O–H groups in total. The molecule has 0 fully saturated rings. The van der Waals surface area contributed by atoms with Gasteiger partial charge in [-0.2, -0.15) is 5.10 Å². The summed E-state index contributed by atoms with van der Waals surface area (Å²) < 4.78 is 12.3. The summed E-state index contributed by atoms with van der Waals surface area (Å²) in [5.74, 6) is -0.537. The van der Waals surface area contributed by atoms with Crippen LogP contribution in [0.3, 0.4) is 0 Å². The second-order valence-corrected chi connectivity index (χ2v) is 8.27. The maximum absolute atomic E-state index is 13.1. The molecule has 0 bridgehead atoms. The van der Waals surface area contributed by atoms with Gasteiger partial charge in [0.1, 0.15) is 24.3 Å². The molecule has 1 aliphatic rings. The monoisotopic (exact) mass is 470 g/mol. The van der Waals surface area contributed by atoms with Crippen LogP contribution in [0, 0.1) is 0 Å². The highest BCUT2D eigenvalue weighted by molar-refractivity contribution is 6.33. The Kier molecular flexibility index (Phi) is 5.94. The quantitative estimate of drug-likeness (QED) is 0.564. The zero-order valence-corrected chi connectivity index (χ0v) is 19.2. The number of esters is 1. The van der Waals surface area contributed by atoms with Gasteiger partial charge in [0.25, 0.3) is 5.91 Å². The summed E-state index contributed by atoms with van der Waals surface area (Å²) in [6.45, 7) is 6.02. The Morgan fingerprint density at radius 1 is 1.33 bits per heavy atom. The van der Waals surface area contributed by atoms with Crippen LogP contribution >= 0.6 is 11.6 Å². The summed E-state index contributed by atoms with van der Waals surface area (Å²) in [5, 5.41) is 4.74. The van der Waals surface area contributed by atoms with Gasteiger partial charge in [-0.25, -0.2) is 14.8 Å². The van der Waals surface area contributed by atoms with Gasteiger partial charge in [-0.05, 0) is 32.9 Å². The van der Waals surface area contributed by atoms with Crippen LogP contribution in [-0.4, -0.2) is 51.4 Å². The maximum Gasteiger partial charge on any atom is 0.333 e. The van der Waals surface area contributed by atoms with E-state index >= 15 is 0 Å². The third-order valence-electron chi connectivity index (χ3n) is 5.36. The van der Waals surface area contributed by atoms with Crippen molar-refractivity contribution in [3.05, 3.63) is 47.5 Å². The molecule has 0 unspecified atom stereocenters. The third-order valence-corrected chi connectivity index (χ3v) is 5.67. The van der Waals surface area contributed by atoms with E-state index in [2.05, 4.69) is 15.1 Å². The zero-order chi connectivity index (χ0) is 23.8. The number of hydrogen-bond acceptors (Lipinski definition) is 8. The number of rotatable bonds is 5. The minimum absolute atomic E-state index is 0.0521. The number of amides is 1. The Balaban J connectivity index is 1.63. The van der Waals surface area contributed by atoms with E-state index in [9.17, 15) is 9.59 Å². The largest absolute Gasteiger partial charge is 0.475 e. The zero-order valence-electron chi connectivity index (χ0n) is 18.4. The fourth-order valence-electron chi connectivity index (χ4n) is 3.48. The molecule has 172 valence electrons. The Bertz CT molecular complexity index is 1230. The number of ether oxygens (including phenoxy) is 2. The SMILES string of the molecule is CCOC(=O)C(C)(C)n1cc(-c2ccc(N3CCOc4ncnc(N)c4C3=O)cc2Cl)cn1. The molecule has 11 heteroatoms. The number of halogens is 1. The van der Waals surface area contributed by atoms with Crippen LogP contribution in [-0.2, 0) is 15.1 Å². The van der Waals surface area contributed by atoms with Crippen molar-refractivity contribution in [1.82, 2.24) is 19.7 Å². The van der Waals surface area contributed by atoms with Crippen molar-refractivity contribution >= 4 is 35.0 Å². The molecule has 0 saturated heterocycles. The molecular weight excluding hydrogens is 448 g/mol. The van der Waals surface area contributed by atoms with Crippen molar-refractivity contribution in [2.45, 2.75) is 26.3 Å². The lowest BCUT2D eigenvalue weighted by atomic mass is 10.1. The molecule has 0 spiro atoms. The number of nitrogens with zero attached hydrogens (tertiary/aromatic N) is 5. The molecule has 3 aromatic rings. The van der Waals surface area contributed by atoms with Gasteiger partial charge >= 0.3 is 5.97 Å². The summed E-state index contributed by atoms with van der Waals surface area (Å²) in [4.78, 5) is 34.9. The minimum Gasteiger partial charge on any atom is -0.475 e. The number of fused-ring (bicyclic) bond motifs is 1. The van der Waals surface area contributed by atoms with E-state index < -0.39 is 5.54 Å². The van der Waals surface area contributed by atoms with E-state index in [0.717, 1.165) is 5.56 Å². The average molecular weight is 471 g/mol. The number of aromatic nitrogens is 4. The molecule has 10 nitrogen and oxygen atoms in total. The molecule has 1 aliphatic heterocycles. The van der Waals surface area contributed by atoms with E-state index in [4.69, 9.17) is 26.8 Å². The molecule has 0 aliphatic carbocycles. The van der Waals surface area contributed by atoms with Gasteiger partial charge in [0.2, 0.25) is 5.88 Å². The van der Waals surface area contributed by atoms with Gasteiger partial charge in [0.15, 0.2) is 5.54 Å². The Hall–Kier alpha value is -3.66. The molecule has 1 amide bonds. The standard InChI is InChI=1S/C22H23ClN6O4/c1-4-32-21(31)22(2,3)29-11-13(10-27-29)15-6-5-14(9-16(15)23)28-7-8-33-19-17(20(28)30)18(24)25-12-26-19/h5-6,9-12H,4,7-8H2,1-3H3,(H2,24,25,26). The van der Waals surface area contributed by atoms with Crippen LogP contribution in [0.4, 0.5) is 11.5 Å². The summed E-state index contributed by atoms with van der Waals surface area (Å²) >= 11 is 6.59. The van der Waals surface area contributed by atoms with Crippen molar-refractivity contribution in [3.63, 3.8) is 0 Å². The molecule has 1 aromatic carbocycles. The first-order chi connectivity index (χ1) is 15.7. The molecule has 3 heterocycles. The number of nitrogens with two attached hydrogens (primary N) is 1. The lowest BCUT2D eigenvalue weighted by molar-refractivity contribution is -0.152. The number of carbonyl (C=O) groups excluding carboxylic acids is 2. The smallest absolute Gasteiger partial charge is 0.333 e. The molecular formula is C22H23ClN6O4. The first-order valence-electron chi connectivity index (χ1n) is 10.3. The van der Waals surface area contributed by atoms with Crippen LogP contribution in [0.2, 0.25) is 5.02 Å². The van der Waals surface area contributed by atoms with Crippen molar-refractivity contribution in [3.8, 4) is 17.0 Å². The second kappa shape index (κ2) is 8.70. The first kappa shape index (κ1) is 22.5. The molecule has 0 saturated carbocycles. The molecule has 4 rings (SSSR count). The van der Waals surface area contributed by atoms with Gasteiger partial charge < -0.3 is 20.1 Å². The summed E-state index contributed by atoms with van der Waals surface area (Å²) in [6.07, 6.45) is 4.62. The predicted octanol–water partition coefficient (Wildman–Crippen LogP) is 2.91.